The highest BCUT2D eigenvalue weighted by Crippen LogP contribution is 2.38. The minimum absolute atomic E-state index is 0.0341. The zero-order valence-electron chi connectivity index (χ0n) is 11.6. The zero-order valence-corrected chi connectivity index (χ0v) is 12.4. The van der Waals surface area contributed by atoms with Crippen molar-refractivity contribution in [3.05, 3.63) is 35.9 Å². The standard InChI is InChI=1S/C16H17NO3S/c18-15-12-7-3-2-6-11(12)14(10-13(15)16(19)20)21-17-8-4-1-5-9-17/h2-3,6-7,10,18H,1,4-5,8-9H2,(H,19,20). The van der Waals surface area contributed by atoms with Crippen LogP contribution in [0.4, 0.5) is 0 Å². The number of aromatic hydroxyl groups is 1. The van der Waals surface area contributed by atoms with Crippen molar-refractivity contribution in [1.82, 2.24) is 4.31 Å². The number of carbonyl (C=O) groups is 1. The van der Waals surface area contributed by atoms with Gasteiger partial charge in [0, 0.05) is 28.8 Å². The molecular weight excluding hydrogens is 286 g/mol. The minimum atomic E-state index is -1.10. The first-order valence-corrected chi connectivity index (χ1v) is 7.85. The molecule has 2 aromatic rings. The van der Waals surface area contributed by atoms with Crippen LogP contribution in [0.5, 0.6) is 5.75 Å². The fourth-order valence-electron chi connectivity index (χ4n) is 2.66. The van der Waals surface area contributed by atoms with E-state index in [1.165, 1.54) is 19.3 Å². The van der Waals surface area contributed by atoms with Crippen LogP contribution in [0.15, 0.2) is 35.2 Å². The molecule has 5 heteroatoms. The lowest BCUT2D eigenvalue weighted by Crippen LogP contribution is -2.22. The van der Waals surface area contributed by atoms with Crippen LogP contribution in [0.1, 0.15) is 29.6 Å². The largest absolute Gasteiger partial charge is 0.506 e. The number of carboxylic acid groups (broad SMARTS) is 1. The third-order valence-electron chi connectivity index (χ3n) is 3.75. The van der Waals surface area contributed by atoms with Crippen molar-refractivity contribution in [1.29, 1.82) is 0 Å². The number of hydrogen-bond donors (Lipinski definition) is 2. The van der Waals surface area contributed by atoms with Gasteiger partial charge in [0.2, 0.25) is 0 Å². The van der Waals surface area contributed by atoms with Crippen LogP contribution in [0.25, 0.3) is 10.8 Å². The lowest BCUT2D eigenvalue weighted by molar-refractivity contribution is 0.0694. The molecule has 0 unspecified atom stereocenters. The topological polar surface area (TPSA) is 60.8 Å². The highest BCUT2D eigenvalue weighted by Gasteiger charge is 2.19. The maximum atomic E-state index is 11.3. The summed E-state index contributed by atoms with van der Waals surface area (Å²) >= 11 is 1.59. The first-order valence-electron chi connectivity index (χ1n) is 7.08. The summed E-state index contributed by atoms with van der Waals surface area (Å²) in [6.45, 7) is 2.03. The number of nitrogens with zero attached hydrogens (tertiary/aromatic N) is 1. The minimum Gasteiger partial charge on any atom is -0.506 e. The summed E-state index contributed by atoms with van der Waals surface area (Å²) < 4.78 is 2.27. The second-order valence-corrected chi connectivity index (χ2v) is 6.34. The molecule has 2 aromatic carbocycles. The van der Waals surface area contributed by atoms with Crippen LogP contribution >= 0.6 is 11.9 Å². The van der Waals surface area contributed by atoms with E-state index in [9.17, 15) is 15.0 Å². The Morgan fingerprint density at radius 1 is 1.10 bits per heavy atom. The molecule has 0 saturated carbocycles. The number of benzene rings is 2. The summed E-state index contributed by atoms with van der Waals surface area (Å²) in [5, 5.41) is 20.9. The maximum absolute atomic E-state index is 11.3. The molecule has 1 saturated heterocycles. The van der Waals surface area contributed by atoms with Gasteiger partial charge in [-0.15, -0.1) is 0 Å². The highest BCUT2D eigenvalue weighted by molar-refractivity contribution is 7.97. The fourth-order valence-corrected chi connectivity index (χ4v) is 3.83. The monoisotopic (exact) mass is 303 g/mol. The van der Waals surface area contributed by atoms with Crippen LogP contribution in [-0.2, 0) is 0 Å². The molecular formula is C16H17NO3S. The number of phenols is 1. The van der Waals surface area contributed by atoms with Gasteiger partial charge in [-0.1, -0.05) is 30.7 Å². The van der Waals surface area contributed by atoms with Crippen molar-refractivity contribution in [3.63, 3.8) is 0 Å². The molecule has 0 aliphatic carbocycles. The van der Waals surface area contributed by atoms with E-state index in [2.05, 4.69) is 4.31 Å². The van der Waals surface area contributed by atoms with Gasteiger partial charge in [-0.2, -0.15) is 0 Å². The van der Waals surface area contributed by atoms with Gasteiger partial charge >= 0.3 is 5.97 Å². The van der Waals surface area contributed by atoms with Gasteiger partial charge in [0.1, 0.15) is 11.3 Å². The van der Waals surface area contributed by atoms with Crippen LogP contribution in [0.2, 0.25) is 0 Å². The van der Waals surface area contributed by atoms with E-state index in [0.29, 0.717) is 5.39 Å². The Morgan fingerprint density at radius 3 is 2.43 bits per heavy atom. The second-order valence-electron chi connectivity index (χ2n) is 5.20. The predicted molar refractivity (Wildman–Crippen MR) is 83.9 cm³/mol. The van der Waals surface area contributed by atoms with Gasteiger partial charge in [-0.25, -0.2) is 9.10 Å². The quantitative estimate of drug-likeness (QED) is 0.846. The van der Waals surface area contributed by atoms with Crippen LogP contribution in [0.3, 0.4) is 0 Å². The molecule has 1 heterocycles. The SMILES string of the molecule is O=C(O)c1cc(SN2CCCCC2)c2ccccc2c1O. The highest BCUT2D eigenvalue weighted by atomic mass is 32.2. The Morgan fingerprint density at radius 2 is 1.76 bits per heavy atom. The summed E-state index contributed by atoms with van der Waals surface area (Å²) in [6, 6.07) is 8.98. The predicted octanol–water partition coefficient (Wildman–Crippen LogP) is 3.74. The van der Waals surface area contributed by atoms with E-state index in [1.807, 2.05) is 18.2 Å². The van der Waals surface area contributed by atoms with Gasteiger partial charge < -0.3 is 10.2 Å². The van der Waals surface area contributed by atoms with Crippen molar-refractivity contribution in [2.24, 2.45) is 0 Å². The summed E-state index contributed by atoms with van der Waals surface area (Å²) in [4.78, 5) is 12.2. The Bertz CT molecular complexity index is 681. The molecule has 1 aliphatic rings. The fraction of sp³-hybridized carbons (Fsp3) is 0.312. The third kappa shape index (κ3) is 2.84. The van der Waals surface area contributed by atoms with Crippen LogP contribution in [0, 0.1) is 0 Å². The molecule has 2 N–H and O–H groups in total. The Hall–Kier alpha value is -1.72. The molecule has 1 aliphatic heterocycles. The second kappa shape index (κ2) is 5.95. The van der Waals surface area contributed by atoms with Crippen molar-refractivity contribution < 1.29 is 15.0 Å². The van der Waals surface area contributed by atoms with Crippen molar-refractivity contribution in [2.45, 2.75) is 24.2 Å². The molecule has 0 bridgehead atoms. The van der Waals surface area contributed by atoms with Crippen molar-refractivity contribution in [2.75, 3.05) is 13.1 Å². The first-order chi connectivity index (χ1) is 10.2. The maximum Gasteiger partial charge on any atom is 0.339 e. The first kappa shape index (κ1) is 14.2. The molecule has 0 aromatic heterocycles. The Balaban J connectivity index is 2.07. The summed E-state index contributed by atoms with van der Waals surface area (Å²) in [5.74, 6) is -1.25. The molecule has 0 spiro atoms. The van der Waals surface area contributed by atoms with E-state index in [0.717, 1.165) is 23.4 Å². The van der Waals surface area contributed by atoms with Gasteiger partial charge in [0.15, 0.2) is 0 Å². The molecule has 4 nitrogen and oxygen atoms in total. The molecule has 21 heavy (non-hydrogen) atoms. The van der Waals surface area contributed by atoms with E-state index < -0.39 is 5.97 Å². The van der Waals surface area contributed by atoms with Crippen LogP contribution in [-0.4, -0.2) is 33.6 Å². The van der Waals surface area contributed by atoms with Gasteiger partial charge in [0.05, 0.1) is 0 Å². The normalized spacial score (nSPS) is 16.2. The zero-order chi connectivity index (χ0) is 14.8. The Kier molecular flexibility index (Phi) is 4.03. The number of fused-ring (bicyclic) bond motifs is 1. The molecule has 0 amide bonds. The number of carboxylic acids is 1. The molecule has 3 rings (SSSR count). The van der Waals surface area contributed by atoms with Crippen molar-refractivity contribution >= 4 is 28.7 Å². The lowest BCUT2D eigenvalue weighted by atomic mass is 10.1. The number of hydrogen-bond acceptors (Lipinski definition) is 4. The van der Waals surface area contributed by atoms with Crippen molar-refractivity contribution in [3.8, 4) is 5.75 Å². The number of rotatable bonds is 3. The summed E-state index contributed by atoms with van der Waals surface area (Å²) in [7, 11) is 0. The number of aromatic carboxylic acids is 1. The van der Waals surface area contributed by atoms with Gasteiger partial charge in [0.25, 0.3) is 0 Å². The molecule has 110 valence electrons. The third-order valence-corrected chi connectivity index (χ3v) is 4.91. The Labute approximate surface area is 127 Å². The van der Waals surface area contributed by atoms with E-state index in [-0.39, 0.29) is 11.3 Å². The van der Waals surface area contributed by atoms with E-state index >= 15 is 0 Å². The van der Waals surface area contributed by atoms with E-state index in [4.69, 9.17) is 0 Å². The molecule has 0 radical (unpaired) electrons. The average molecular weight is 303 g/mol. The molecule has 1 fully saturated rings. The van der Waals surface area contributed by atoms with E-state index in [1.54, 1.807) is 24.1 Å². The summed E-state index contributed by atoms with van der Waals surface area (Å²) in [6.07, 6.45) is 3.61. The average Bonchev–Trinajstić information content (AvgIpc) is 2.51. The van der Waals surface area contributed by atoms with Crippen LogP contribution < -0.4 is 0 Å². The number of piperidine rings is 1. The lowest BCUT2D eigenvalue weighted by Gasteiger charge is -2.25. The van der Waals surface area contributed by atoms with Gasteiger partial charge in [-0.05, 0) is 30.9 Å². The molecule has 0 atom stereocenters. The summed E-state index contributed by atoms with van der Waals surface area (Å²) in [5.41, 5.74) is -0.0341. The smallest absolute Gasteiger partial charge is 0.339 e. The van der Waals surface area contributed by atoms with Gasteiger partial charge in [-0.3, -0.25) is 0 Å².